The highest BCUT2D eigenvalue weighted by molar-refractivity contribution is 5.96. The van der Waals surface area contributed by atoms with Gasteiger partial charge in [-0.15, -0.1) is 0 Å². The van der Waals surface area contributed by atoms with Gasteiger partial charge < -0.3 is 0 Å². The lowest BCUT2D eigenvalue weighted by Crippen LogP contribution is -2.49. The number of imide groups is 2. The van der Waals surface area contributed by atoms with E-state index < -0.39 is 11.1 Å². The molecule has 0 radical (unpaired) electrons. The van der Waals surface area contributed by atoms with E-state index in [1.807, 2.05) is 20.8 Å². The Labute approximate surface area is 164 Å². The van der Waals surface area contributed by atoms with Gasteiger partial charge in [0.1, 0.15) is 0 Å². The number of carbonyl (C=O) groups is 4. The summed E-state index contributed by atoms with van der Waals surface area (Å²) in [7, 11) is 0. The highest BCUT2D eigenvalue weighted by atomic mass is 16.2. The summed E-state index contributed by atoms with van der Waals surface area (Å²) in [5, 5.41) is 0. The monoisotopic (exact) mass is 382 g/mol. The summed E-state index contributed by atoms with van der Waals surface area (Å²) in [6.07, 6.45) is 5.18. The van der Waals surface area contributed by atoms with E-state index in [1.54, 1.807) is 20.8 Å². The van der Waals surface area contributed by atoms with Gasteiger partial charge in [-0.3, -0.25) is 29.0 Å². The van der Waals surface area contributed by atoms with Gasteiger partial charge in [0.25, 0.3) is 0 Å². The van der Waals surface area contributed by atoms with Crippen molar-refractivity contribution >= 4 is 24.1 Å². The van der Waals surface area contributed by atoms with Crippen molar-refractivity contribution in [1.29, 1.82) is 0 Å². The minimum Gasteiger partial charge on any atom is -0.280 e. The molecule has 0 fully saturated rings. The van der Waals surface area contributed by atoms with Gasteiger partial charge in [0.15, 0.2) is 0 Å². The van der Waals surface area contributed by atoms with Crippen molar-refractivity contribution in [2.24, 2.45) is 0 Å². The van der Waals surface area contributed by atoms with E-state index in [9.17, 15) is 19.2 Å². The van der Waals surface area contributed by atoms with Crippen LogP contribution in [0.5, 0.6) is 0 Å². The maximum atomic E-state index is 12.6. The lowest BCUT2D eigenvalue weighted by Gasteiger charge is -2.34. The third-order valence-corrected chi connectivity index (χ3v) is 4.29. The average molecular weight is 383 g/mol. The molecule has 4 amide bonds. The number of hydrogen-bond donors (Lipinski definition) is 0. The Kier molecular flexibility index (Phi) is 10.5. The van der Waals surface area contributed by atoms with Gasteiger partial charge in [-0.25, -0.2) is 0 Å². The average Bonchev–Trinajstić information content (AvgIpc) is 2.49. The zero-order chi connectivity index (χ0) is 21.3. The summed E-state index contributed by atoms with van der Waals surface area (Å²) in [4.78, 5) is 50.9. The molecule has 156 valence electrons. The first-order valence-corrected chi connectivity index (χ1v) is 9.99. The summed E-state index contributed by atoms with van der Waals surface area (Å²) >= 11 is 0. The van der Waals surface area contributed by atoms with Crippen LogP contribution in [-0.2, 0) is 19.2 Å². The van der Waals surface area contributed by atoms with Gasteiger partial charge in [0, 0.05) is 30.3 Å². The van der Waals surface area contributed by atoms with Crippen molar-refractivity contribution in [3.63, 3.8) is 0 Å². The molecule has 0 aliphatic carbocycles. The van der Waals surface area contributed by atoms with E-state index >= 15 is 0 Å². The Bertz CT molecular complexity index is 515. The molecule has 0 atom stereocenters. The Morgan fingerprint density at radius 1 is 0.704 bits per heavy atom. The molecule has 0 aromatic rings. The van der Waals surface area contributed by atoms with Crippen LogP contribution in [0.4, 0.5) is 0 Å². The third kappa shape index (κ3) is 9.16. The lowest BCUT2D eigenvalue weighted by atomic mass is 10.0. The predicted octanol–water partition coefficient (Wildman–Crippen LogP) is 4.06. The maximum absolute atomic E-state index is 12.6. The second kappa shape index (κ2) is 11.2. The van der Waals surface area contributed by atoms with E-state index in [4.69, 9.17) is 0 Å². The van der Waals surface area contributed by atoms with E-state index in [0.29, 0.717) is 25.7 Å². The summed E-state index contributed by atoms with van der Waals surface area (Å²) < 4.78 is 0. The third-order valence-electron chi connectivity index (χ3n) is 4.29. The molecule has 0 saturated heterocycles. The van der Waals surface area contributed by atoms with E-state index in [1.165, 1.54) is 9.80 Å². The maximum Gasteiger partial charge on any atom is 0.229 e. The van der Waals surface area contributed by atoms with E-state index in [0.717, 1.165) is 19.3 Å². The lowest BCUT2D eigenvalue weighted by molar-refractivity contribution is -0.151. The fourth-order valence-electron chi connectivity index (χ4n) is 2.90. The van der Waals surface area contributed by atoms with Crippen LogP contribution in [0.3, 0.4) is 0 Å². The minimum atomic E-state index is -0.559. The second-order valence-corrected chi connectivity index (χ2v) is 9.00. The molecular formula is C21H38N2O4. The van der Waals surface area contributed by atoms with Gasteiger partial charge >= 0.3 is 0 Å². The number of nitrogens with zero attached hydrogens (tertiary/aromatic N) is 2. The number of hydrogen-bond acceptors (Lipinski definition) is 4. The Morgan fingerprint density at radius 2 is 1.11 bits per heavy atom. The summed E-state index contributed by atoms with van der Waals surface area (Å²) in [5.41, 5.74) is -1.11. The first-order valence-electron chi connectivity index (χ1n) is 9.99. The second-order valence-electron chi connectivity index (χ2n) is 9.00. The molecular weight excluding hydrogens is 344 g/mol. The molecule has 6 nitrogen and oxygen atoms in total. The Hall–Kier alpha value is -1.72. The smallest absolute Gasteiger partial charge is 0.229 e. The first-order chi connectivity index (χ1) is 12.4. The van der Waals surface area contributed by atoms with Crippen molar-refractivity contribution in [3.05, 3.63) is 0 Å². The molecule has 0 aromatic heterocycles. The molecule has 6 heteroatoms. The van der Waals surface area contributed by atoms with Crippen molar-refractivity contribution in [2.75, 3.05) is 0 Å². The highest BCUT2D eigenvalue weighted by Gasteiger charge is 2.31. The van der Waals surface area contributed by atoms with Crippen LogP contribution >= 0.6 is 0 Å². The largest absolute Gasteiger partial charge is 0.280 e. The molecule has 0 unspecified atom stereocenters. The SMILES string of the molecule is CCCCCC(=O)N(C(=O)CCCCC(=O)N(C=O)C(C)(C)C)C(C)(C)C. The normalized spacial score (nSPS) is 11.8. The molecule has 0 aliphatic rings. The zero-order valence-corrected chi connectivity index (χ0v) is 18.3. The zero-order valence-electron chi connectivity index (χ0n) is 18.3. The van der Waals surface area contributed by atoms with Crippen LogP contribution in [0, 0.1) is 0 Å². The Morgan fingerprint density at radius 3 is 1.44 bits per heavy atom. The number of unbranched alkanes of at least 4 members (excludes halogenated alkanes) is 3. The summed E-state index contributed by atoms with van der Waals surface area (Å²) in [5.74, 6) is -0.565. The van der Waals surface area contributed by atoms with Crippen LogP contribution in [-0.4, -0.2) is 45.0 Å². The highest BCUT2D eigenvalue weighted by Crippen LogP contribution is 2.19. The first kappa shape index (κ1) is 25.3. The van der Waals surface area contributed by atoms with Crippen LogP contribution in [0.25, 0.3) is 0 Å². The fourth-order valence-corrected chi connectivity index (χ4v) is 2.90. The van der Waals surface area contributed by atoms with Gasteiger partial charge in [0.2, 0.25) is 24.1 Å². The topological polar surface area (TPSA) is 74.8 Å². The van der Waals surface area contributed by atoms with Crippen LogP contribution in [0.1, 0.15) is 99.8 Å². The molecule has 27 heavy (non-hydrogen) atoms. The molecule has 0 heterocycles. The minimum absolute atomic E-state index is 0.128. The summed E-state index contributed by atoms with van der Waals surface area (Å²) in [6.45, 7) is 13.0. The van der Waals surface area contributed by atoms with E-state index in [-0.39, 0.29) is 30.6 Å². The molecule has 0 aliphatic heterocycles. The van der Waals surface area contributed by atoms with Crippen molar-refractivity contribution < 1.29 is 19.2 Å². The summed E-state index contributed by atoms with van der Waals surface area (Å²) in [6, 6.07) is 0. The van der Waals surface area contributed by atoms with Crippen LogP contribution < -0.4 is 0 Å². The standard InChI is InChI=1S/C21H38N2O4/c1-8-9-10-14-18(26)23(21(5,6)7)19(27)15-12-11-13-17(25)22(16-24)20(2,3)4/h16H,8-15H2,1-7H3. The fraction of sp³-hybridized carbons (Fsp3) is 0.810. The quantitative estimate of drug-likeness (QED) is 0.422. The molecule has 0 spiro atoms. The van der Waals surface area contributed by atoms with Gasteiger partial charge in [0.05, 0.1) is 0 Å². The Balaban J connectivity index is 4.64. The number of rotatable bonds is 10. The molecule has 0 bridgehead atoms. The molecule has 0 rings (SSSR count). The van der Waals surface area contributed by atoms with Crippen LogP contribution in [0.15, 0.2) is 0 Å². The van der Waals surface area contributed by atoms with E-state index in [2.05, 4.69) is 6.92 Å². The van der Waals surface area contributed by atoms with Gasteiger partial charge in [-0.2, -0.15) is 0 Å². The number of amides is 4. The number of carbonyl (C=O) groups excluding carboxylic acids is 4. The van der Waals surface area contributed by atoms with Crippen molar-refractivity contribution in [3.8, 4) is 0 Å². The molecule has 0 aromatic carbocycles. The van der Waals surface area contributed by atoms with Crippen molar-refractivity contribution in [2.45, 2.75) is 111 Å². The van der Waals surface area contributed by atoms with Crippen molar-refractivity contribution in [1.82, 2.24) is 9.80 Å². The predicted molar refractivity (Wildman–Crippen MR) is 107 cm³/mol. The van der Waals surface area contributed by atoms with Gasteiger partial charge in [-0.1, -0.05) is 19.8 Å². The van der Waals surface area contributed by atoms with Crippen LogP contribution in [0.2, 0.25) is 0 Å². The molecule has 0 saturated carbocycles. The van der Waals surface area contributed by atoms with Gasteiger partial charge in [-0.05, 0) is 60.8 Å². The molecule has 0 N–H and O–H groups in total.